The van der Waals surface area contributed by atoms with E-state index < -0.39 is 17.5 Å². The number of nitrogens with zero attached hydrogens (tertiary/aromatic N) is 2. The summed E-state index contributed by atoms with van der Waals surface area (Å²) in [6.07, 6.45) is 1.68. The number of benzene rings is 3. The van der Waals surface area contributed by atoms with Crippen LogP contribution in [0.25, 0.3) is 0 Å². The van der Waals surface area contributed by atoms with Crippen LogP contribution in [0.3, 0.4) is 0 Å². The molecule has 8 nitrogen and oxygen atoms in total. The molecule has 2 saturated heterocycles. The number of hydrogen-bond donors (Lipinski definition) is 1. The van der Waals surface area contributed by atoms with Gasteiger partial charge < -0.3 is 14.8 Å². The Bertz CT molecular complexity index is 1330. The normalized spacial score (nSPS) is 26.5. The van der Waals surface area contributed by atoms with Crippen LogP contribution in [0.2, 0.25) is 0 Å². The van der Waals surface area contributed by atoms with E-state index in [1.165, 1.54) is 0 Å². The molecule has 0 aliphatic carbocycles. The van der Waals surface area contributed by atoms with Gasteiger partial charge in [0, 0.05) is 28.8 Å². The van der Waals surface area contributed by atoms with Crippen LogP contribution in [0.15, 0.2) is 72.8 Å². The summed E-state index contributed by atoms with van der Waals surface area (Å²) in [5, 5.41) is 15.7. The molecule has 8 heteroatoms. The van der Waals surface area contributed by atoms with Gasteiger partial charge in [-0.15, -0.1) is 0 Å². The Morgan fingerprint density at radius 2 is 1.86 bits per heavy atom. The molecule has 3 aromatic rings. The second-order valence-corrected chi connectivity index (χ2v) is 9.61. The fourth-order valence-corrected chi connectivity index (χ4v) is 6.52. The van der Waals surface area contributed by atoms with Crippen molar-refractivity contribution in [3.8, 4) is 11.5 Å². The van der Waals surface area contributed by atoms with Gasteiger partial charge in [-0.05, 0) is 42.2 Å². The molecule has 3 aliphatic heterocycles. The lowest BCUT2D eigenvalue weighted by Crippen LogP contribution is -2.55. The monoisotopic (exact) mass is 485 g/mol. The van der Waals surface area contributed by atoms with E-state index in [1.807, 2.05) is 72.8 Å². The van der Waals surface area contributed by atoms with Gasteiger partial charge in [-0.3, -0.25) is 19.8 Å². The predicted octanol–water partition coefficient (Wildman–Crippen LogP) is 4.33. The summed E-state index contributed by atoms with van der Waals surface area (Å²) in [5.74, 6) is 0.307. The number of amides is 1. The first kappa shape index (κ1) is 22.5. The molecule has 0 bridgehead atoms. The second-order valence-electron chi connectivity index (χ2n) is 9.61. The molecular formula is C28H27N3O5. The van der Waals surface area contributed by atoms with Crippen molar-refractivity contribution in [1.82, 2.24) is 4.90 Å². The second kappa shape index (κ2) is 8.64. The van der Waals surface area contributed by atoms with Gasteiger partial charge in [0.25, 0.3) is 11.9 Å². The topological polar surface area (TPSA) is 93.9 Å². The van der Waals surface area contributed by atoms with Gasteiger partial charge in [0.2, 0.25) is 0 Å². The Hall–Kier alpha value is -3.91. The zero-order chi connectivity index (χ0) is 24.9. The van der Waals surface area contributed by atoms with Gasteiger partial charge in [0.05, 0.1) is 13.0 Å². The highest BCUT2D eigenvalue weighted by Crippen LogP contribution is 2.58. The van der Waals surface area contributed by atoms with Crippen LogP contribution in [0, 0.1) is 10.1 Å². The van der Waals surface area contributed by atoms with Crippen LogP contribution in [0.1, 0.15) is 35.4 Å². The maximum Gasteiger partial charge on any atom is 0.256 e. The molecule has 6 rings (SSSR count). The molecule has 3 heterocycles. The smallest absolute Gasteiger partial charge is 0.256 e. The zero-order valence-corrected chi connectivity index (χ0v) is 19.9. The average molecular weight is 486 g/mol. The quantitative estimate of drug-likeness (QED) is 0.413. The molecule has 2 fully saturated rings. The molecule has 1 spiro atoms. The molecule has 1 N–H and O–H groups in total. The first-order valence-electron chi connectivity index (χ1n) is 12.2. The molecule has 0 unspecified atom stereocenters. The molecule has 36 heavy (non-hydrogen) atoms. The van der Waals surface area contributed by atoms with Crippen LogP contribution < -0.4 is 14.8 Å². The molecule has 0 aromatic heterocycles. The number of fused-ring (bicyclic) bond motifs is 4. The Morgan fingerprint density at radius 3 is 2.64 bits per heavy atom. The van der Waals surface area contributed by atoms with Crippen LogP contribution in [-0.4, -0.2) is 41.5 Å². The highest BCUT2D eigenvalue weighted by Gasteiger charge is 2.73. The van der Waals surface area contributed by atoms with Crippen molar-refractivity contribution in [1.29, 1.82) is 0 Å². The van der Waals surface area contributed by atoms with Crippen molar-refractivity contribution in [3.05, 3.63) is 99.6 Å². The van der Waals surface area contributed by atoms with Crippen LogP contribution in [0.5, 0.6) is 11.5 Å². The number of nitrogens with one attached hydrogen (secondary N) is 1. The minimum Gasteiger partial charge on any atom is -0.493 e. The van der Waals surface area contributed by atoms with E-state index in [2.05, 4.69) is 10.2 Å². The average Bonchev–Trinajstić information content (AvgIpc) is 3.56. The van der Waals surface area contributed by atoms with Crippen LogP contribution in [0.4, 0.5) is 5.69 Å². The number of para-hydroxylation sites is 1. The van der Waals surface area contributed by atoms with Crippen molar-refractivity contribution in [2.45, 2.75) is 43.0 Å². The summed E-state index contributed by atoms with van der Waals surface area (Å²) >= 11 is 0. The van der Waals surface area contributed by atoms with E-state index in [-0.39, 0.29) is 16.9 Å². The summed E-state index contributed by atoms with van der Waals surface area (Å²) in [6, 6.07) is 21.5. The van der Waals surface area contributed by atoms with E-state index >= 15 is 0 Å². The lowest BCUT2D eigenvalue weighted by atomic mass is 9.77. The third kappa shape index (κ3) is 3.21. The van der Waals surface area contributed by atoms with Crippen LogP contribution >= 0.6 is 0 Å². The minimum atomic E-state index is -1.33. The van der Waals surface area contributed by atoms with Gasteiger partial charge in [0.15, 0.2) is 17.0 Å². The number of hydrogen-bond acceptors (Lipinski definition) is 6. The molecule has 0 saturated carbocycles. The summed E-state index contributed by atoms with van der Waals surface area (Å²) in [6.45, 7) is 1.02. The molecular weight excluding hydrogens is 458 g/mol. The summed E-state index contributed by atoms with van der Waals surface area (Å²) in [7, 11) is 1.57. The molecule has 0 radical (unpaired) electrons. The Morgan fingerprint density at radius 1 is 1.08 bits per heavy atom. The lowest BCUT2D eigenvalue weighted by Gasteiger charge is -2.32. The maximum atomic E-state index is 13.6. The molecule has 3 aliphatic rings. The number of rotatable bonds is 6. The number of ether oxygens (including phenoxy) is 2. The number of anilines is 1. The van der Waals surface area contributed by atoms with Crippen molar-refractivity contribution >= 4 is 11.6 Å². The SMILES string of the molecule is COc1cc([C@H]2[C@H]([N+](=O)[O-])[C@@]3(C(=O)Nc4ccccc43)N3CCC[C@@H]23)ccc1OCc1ccccc1. The van der Waals surface area contributed by atoms with E-state index in [0.717, 1.165) is 24.0 Å². The predicted molar refractivity (Wildman–Crippen MR) is 134 cm³/mol. The van der Waals surface area contributed by atoms with Crippen molar-refractivity contribution in [2.24, 2.45) is 0 Å². The number of carbonyl (C=O) groups is 1. The fraction of sp³-hybridized carbons (Fsp3) is 0.321. The molecule has 3 aromatic carbocycles. The Labute approximate surface area is 209 Å². The third-order valence-electron chi connectivity index (χ3n) is 7.90. The van der Waals surface area contributed by atoms with Crippen molar-refractivity contribution < 1.29 is 19.2 Å². The Kier molecular flexibility index (Phi) is 5.41. The van der Waals surface area contributed by atoms with Crippen LogP contribution in [-0.2, 0) is 16.9 Å². The van der Waals surface area contributed by atoms with Gasteiger partial charge in [0.1, 0.15) is 6.61 Å². The van der Waals surface area contributed by atoms with Gasteiger partial charge >= 0.3 is 0 Å². The summed E-state index contributed by atoms with van der Waals surface area (Å²) < 4.78 is 11.7. The molecule has 1 amide bonds. The van der Waals surface area contributed by atoms with Crippen molar-refractivity contribution in [2.75, 3.05) is 19.0 Å². The molecule has 184 valence electrons. The highest BCUT2D eigenvalue weighted by molar-refractivity contribution is 6.07. The summed E-state index contributed by atoms with van der Waals surface area (Å²) in [5.41, 5.74) is 1.83. The van der Waals surface area contributed by atoms with Gasteiger partial charge in [-0.2, -0.15) is 0 Å². The zero-order valence-electron chi connectivity index (χ0n) is 19.9. The van der Waals surface area contributed by atoms with Gasteiger partial charge in [-0.25, -0.2) is 0 Å². The Balaban J connectivity index is 1.41. The third-order valence-corrected chi connectivity index (χ3v) is 7.90. The van der Waals surface area contributed by atoms with E-state index in [0.29, 0.717) is 35.9 Å². The van der Waals surface area contributed by atoms with Gasteiger partial charge in [-0.1, -0.05) is 54.6 Å². The first-order chi connectivity index (χ1) is 17.6. The van der Waals surface area contributed by atoms with E-state index in [1.54, 1.807) is 7.11 Å². The lowest BCUT2D eigenvalue weighted by molar-refractivity contribution is -0.534. The fourth-order valence-electron chi connectivity index (χ4n) is 6.52. The number of nitro groups is 1. The molecule has 4 atom stereocenters. The first-order valence-corrected chi connectivity index (χ1v) is 12.2. The summed E-state index contributed by atoms with van der Waals surface area (Å²) in [4.78, 5) is 28.2. The van der Waals surface area contributed by atoms with E-state index in [4.69, 9.17) is 9.47 Å². The van der Waals surface area contributed by atoms with Crippen molar-refractivity contribution in [3.63, 3.8) is 0 Å². The number of carbonyl (C=O) groups excluding carboxylic acids is 1. The number of methoxy groups -OCH3 is 1. The minimum absolute atomic E-state index is 0.127. The standard InChI is InChI=1S/C28H27N3O5/c1-35-24-16-19(13-14-23(24)36-17-18-8-3-2-4-9-18)25-22-12-7-15-30(22)28(26(25)31(33)34)20-10-5-6-11-21(20)29-27(28)32/h2-6,8-11,13-14,16,22,25-26H,7,12,15,17H2,1H3,(H,29,32)/t22-,25+,26-,28-/m0/s1. The highest BCUT2D eigenvalue weighted by atomic mass is 16.6. The maximum absolute atomic E-state index is 13.6. The largest absolute Gasteiger partial charge is 0.493 e. The van der Waals surface area contributed by atoms with E-state index in [9.17, 15) is 14.9 Å².